The molecule has 0 aliphatic carbocycles. The van der Waals surface area contributed by atoms with Crippen molar-refractivity contribution in [2.75, 3.05) is 33.9 Å². The van der Waals surface area contributed by atoms with Crippen LogP contribution in [-0.2, 0) is 11.3 Å². The summed E-state index contributed by atoms with van der Waals surface area (Å²) in [6.45, 7) is 6.53. The Morgan fingerprint density at radius 1 is 1.10 bits per heavy atom. The molecule has 1 aliphatic heterocycles. The molecule has 1 amide bonds. The van der Waals surface area contributed by atoms with Gasteiger partial charge in [-0.05, 0) is 48.4 Å². The topological polar surface area (TPSA) is 60.0 Å². The normalized spacial score (nSPS) is 14.3. The third kappa shape index (κ3) is 5.89. The van der Waals surface area contributed by atoms with E-state index in [2.05, 4.69) is 19.2 Å². The van der Waals surface area contributed by atoms with Crippen LogP contribution in [0.3, 0.4) is 0 Å². The molecule has 0 unspecified atom stereocenters. The van der Waals surface area contributed by atoms with Crippen molar-refractivity contribution in [3.63, 3.8) is 0 Å². The first-order valence-electron chi connectivity index (χ1n) is 10.5. The number of fused-ring (bicyclic) bond motifs is 1. The number of carbonyl (C=O) groups excluding carboxylic acids is 1. The molecule has 0 saturated carbocycles. The van der Waals surface area contributed by atoms with Gasteiger partial charge in [-0.1, -0.05) is 32.0 Å². The van der Waals surface area contributed by atoms with Crippen molar-refractivity contribution >= 4 is 5.91 Å². The monoisotopic (exact) mass is 412 g/mol. The third-order valence-electron chi connectivity index (χ3n) is 5.14. The predicted molar refractivity (Wildman–Crippen MR) is 117 cm³/mol. The molecule has 30 heavy (non-hydrogen) atoms. The van der Waals surface area contributed by atoms with Gasteiger partial charge in [0, 0.05) is 13.0 Å². The van der Waals surface area contributed by atoms with Gasteiger partial charge in [0.15, 0.2) is 11.5 Å². The molecule has 1 aliphatic rings. The number of hydrogen-bond acceptors (Lipinski definition) is 5. The summed E-state index contributed by atoms with van der Waals surface area (Å²) in [6.07, 6.45) is 0.870. The molecule has 6 heteroatoms. The summed E-state index contributed by atoms with van der Waals surface area (Å²) in [5.41, 5.74) is 2.16. The summed E-state index contributed by atoms with van der Waals surface area (Å²) in [7, 11) is 3.60. The number of ether oxygens (including phenoxy) is 3. The number of likely N-dealkylation sites (N-methyl/N-ethyl adjacent to an activating group) is 1. The van der Waals surface area contributed by atoms with E-state index in [0.29, 0.717) is 26.3 Å². The molecule has 0 saturated heterocycles. The lowest BCUT2D eigenvalue weighted by atomic mass is 9.95. The lowest BCUT2D eigenvalue weighted by Crippen LogP contribution is -2.38. The number of rotatable bonds is 8. The van der Waals surface area contributed by atoms with Crippen LogP contribution in [0.1, 0.15) is 37.4 Å². The molecule has 1 heterocycles. The number of hydrogen-bond donors (Lipinski definition) is 1. The quantitative estimate of drug-likeness (QED) is 0.715. The Hall–Kier alpha value is -2.73. The standard InChI is InChI=1S/C24H32N2O4/c1-17(2)24(19-8-11-21-22(14-19)30-13-5-12-29-21)25-23(27)16-26(3)15-18-6-9-20(28-4)10-7-18/h6-11,14,17,24H,5,12-13,15-16H2,1-4H3,(H,25,27)/t24-/m0/s1. The molecule has 3 rings (SSSR count). The Morgan fingerprint density at radius 3 is 2.47 bits per heavy atom. The Kier molecular flexibility index (Phi) is 7.57. The summed E-state index contributed by atoms with van der Waals surface area (Å²) in [5.74, 6) is 2.59. The minimum atomic E-state index is -0.0935. The molecule has 1 atom stereocenters. The molecule has 0 aromatic heterocycles. The summed E-state index contributed by atoms with van der Waals surface area (Å²) < 4.78 is 16.7. The molecule has 1 N–H and O–H groups in total. The highest BCUT2D eigenvalue weighted by Crippen LogP contribution is 2.34. The van der Waals surface area contributed by atoms with Crippen molar-refractivity contribution in [2.24, 2.45) is 5.92 Å². The first kappa shape index (κ1) is 22.0. The minimum absolute atomic E-state index is 0.00294. The van der Waals surface area contributed by atoms with E-state index in [4.69, 9.17) is 14.2 Å². The molecule has 0 radical (unpaired) electrons. The van der Waals surface area contributed by atoms with E-state index in [1.807, 2.05) is 54.4 Å². The zero-order valence-electron chi connectivity index (χ0n) is 18.3. The lowest BCUT2D eigenvalue weighted by molar-refractivity contribution is -0.123. The van der Waals surface area contributed by atoms with Gasteiger partial charge in [0.2, 0.25) is 5.91 Å². The maximum Gasteiger partial charge on any atom is 0.234 e. The van der Waals surface area contributed by atoms with E-state index >= 15 is 0 Å². The second kappa shape index (κ2) is 10.3. The van der Waals surface area contributed by atoms with Crippen LogP contribution in [-0.4, -0.2) is 44.7 Å². The third-order valence-corrected chi connectivity index (χ3v) is 5.14. The fourth-order valence-electron chi connectivity index (χ4n) is 3.57. The Labute approximate surface area is 179 Å². The zero-order chi connectivity index (χ0) is 21.5. The van der Waals surface area contributed by atoms with Crippen molar-refractivity contribution < 1.29 is 19.0 Å². The largest absolute Gasteiger partial charge is 0.497 e. The van der Waals surface area contributed by atoms with Crippen LogP contribution in [0.15, 0.2) is 42.5 Å². The molecular formula is C24H32N2O4. The summed E-state index contributed by atoms with van der Waals surface area (Å²) in [6, 6.07) is 13.7. The van der Waals surface area contributed by atoms with Crippen molar-refractivity contribution in [2.45, 2.75) is 32.9 Å². The average Bonchev–Trinajstić information content (AvgIpc) is 2.97. The van der Waals surface area contributed by atoms with Crippen molar-refractivity contribution in [3.8, 4) is 17.2 Å². The highest BCUT2D eigenvalue weighted by Gasteiger charge is 2.21. The minimum Gasteiger partial charge on any atom is -0.497 e. The summed E-state index contributed by atoms with van der Waals surface area (Å²) >= 11 is 0. The van der Waals surface area contributed by atoms with E-state index < -0.39 is 0 Å². The first-order chi connectivity index (χ1) is 14.5. The van der Waals surface area contributed by atoms with Crippen molar-refractivity contribution in [1.29, 1.82) is 0 Å². The Morgan fingerprint density at radius 2 is 1.80 bits per heavy atom. The molecular weight excluding hydrogens is 380 g/mol. The maximum absolute atomic E-state index is 12.7. The highest BCUT2D eigenvalue weighted by molar-refractivity contribution is 5.78. The average molecular weight is 413 g/mol. The van der Waals surface area contributed by atoms with Gasteiger partial charge in [0.05, 0.1) is 32.9 Å². The van der Waals surface area contributed by atoms with E-state index in [9.17, 15) is 4.79 Å². The molecule has 6 nitrogen and oxygen atoms in total. The van der Waals surface area contributed by atoms with Gasteiger partial charge < -0.3 is 19.5 Å². The van der Waals surface area contributed by atoms with Crippen LogP contribution in [0.5, 0.6) is 17.2 Å². The molecule has 0 bridgehead atoms. The Balaban J connectivity index is 1.61. The molecule has 0 spiro atoms. The van der Waals surface area contributed by atoms with Crippen LogP contribution in [0.25, 0.3) is 0 Å². The second-order valence-corrected chi connectivity index (χ2v) is 8.07. The van der Waals surface area contributed by atoms with Gasteiger partial charge in [-0.15, -0.1) is 0 Å². The van der Waals surface area contributed by atoms with Gasteiger partial charge in [-0.25, -0.2) is 0 Å². The number of benzene rings is 2. The lowest BCUT2D eigenvalue weighted by Gasteiger charge is -2.25. The number of methoxy groups -OCH3 is 1. The Bertz CT molecular complexity index is 836. The number of nitrogens with one attached hydrogen (secondary N) is 1. The maximum atomic E-state index is 12.7. The fourth-order valence-corrected chi connectivity index (χ4v) is 3.57. The van der Waals surface area contributed by atoms with Gasteiger partial charge in [-0.3, -0.25) is 9.69 Å². The van der Waals surface area contributed by atoms with Gasteiger partial charge in [0.25, 0.3) is 0 Å². The molecule has 2 aromatic carbocycles. The smallest absolute Gasteiger partial charge is 0.234 e. The van der Waals surface area contributed by atoms with Crippen LogP contribution in [0.4, 0.5) is 0 Å². The van der Waals surface area contributed by atoms with E-state index in [0.717, 1.165) is 34.8 Å². The van der Waals surface area contributed by atoms with Crippen LogP contribution in [0.2, 0.25) is 0 Å². The summed E-state index contributed by atoms with van der Waals surface area (Å²) in [5, 5.41) is 3.19. The number of nitrogens with zero attached hydrogens (tertiary/aromatic N) is 1. The molecule has 162 valence electrons. The van der Waals surface area contributed by atoms with Crippen molar-refractivity contribution in [3.05, 3.63) is 53.6 Å². The predicted octanol–water partition coefficient (Wildman–Crippen LogP) is 3.80. The van der Waals surface area contributed by atoms with Crippen LogP contribution >= 0.6 is 0 Å². The van der Waals surface area contributed by atoms with E-state index in [-0.39, 0.29) is 17.9 Å². The summed E-state index contributed by atoms with van der Waals surface area (Å²) in [4.78, 5) is 14.7. The molecule has 0 fully saturated rings. The SMILES string of the molecule is COc1ccc(CN(C)CC(=O)N[C@H](c2ccc3c(c2)OCCCO3)C(C)C)cc1. The van der Waals surface area contributed by atoms with Crippen LogP contribution in [0, 0.1) is 5.92 Å². The van der Waals surface area contributed by atoms with Crippen molar-refractivity contribution in [1.82, 2.24) is 10.2 Å². The molecule has 2 aromatic rings. The highest BCUT2D eigenvalue weighted by atomic mass is 16.5. The van der Waals surface area contributed by atoms with Crippen LogP contribution < -0.4 is 19.5 Å². The van der Waals surface area contributed by atoms with Gasteiger partial charge in [0.1, 0.15) is 5.75 Å². The zero-order valence-corrected chi connectivity index (χ0v) is 18.3. The first-order valence-corrected chi connectivity index (χ1v) is 10.5. The number of amides is 1. The second-order valence-electron chi connectivity index (χ2n) is 8.07. The number of carbonyl (C=O) groups is 1. The fraction of sp³-hybridized carbons (Fsp3) is 0.458. The van der Waals surface area contributed by atoms with E-state index in [1.54, 1.807) is 7.11 Å². The van der Waals surface area contributed by atoms with E-state index in [1.165, 1.54) is 0 Å². The van der Waals surface area contributed by atoms with Gasteiger partial charge >= 0.3 is 0 Å². The van der Waals surface area contributed by atoms with Gasteiger partial charge in [-0.2, -0.15) is 0 Å².